The number of hydrogen-bond donors (Lipinski definition) is 0. The van der Waals surface area contributed by atoms with Gasteiger partial charge in [0.1, 0.15) is 0 Å². The Morgan fingerprint density at radius 3 is 1.87 bits per heavy atom. The minimum Gasteiger partial charge on any atom is -0.100 e. The number of hydrogen-bond acceptors (Lipinski definition) is 0. The molecule has 0 radical (unpaired) electrons. The molecular weight excluding hydrogens is 248 g/mol. The maximum Gasteiger partial charge on any atom is 0.00970 e. The quantitative estimate of drug-likeness (QED) is 0.453. The fourth-order valence-corrected chi connectivity index (χ4v) is 0.630. The first-order valence-corrected chi connectivity index (χ1v) is 5.63. The highest BCUT2D eigenvalue weighted by Crippen LogP contribution is 2.04. The highest BCUT2D eigenvalue weighted by Gasteiger charge is 1.83. The molecule has 84 valence electrons. The van der Waals surface area contributed by atoms with Crippen LogP contribution in [0, 0.1) is 0 Å². The van der Waals surface area contributed by atoms with Crippen LogP contribution in [0.3, 0.4) is 0 Å². The van der Waals surface area contributed by atoms with E-state index in [4.69, 9.17) is 0 Å². The number of allylic oxidation sites excluding steroid dienone is 6. The molecule has 0 aromatic rings. The van der Waals surface area contributed by atoms with Crippen LogP contribution in [0.4, 0.5) is 0 Å². The van der Waals surface area contributed by atoms with Gasteiger partial charge in [-0.3, -0.25) is 0 Å². The average molecular weight is 269 g/mol. The molecule has 0 saturated carbocycles. The standard InChI is InChI=1S/C10H16.C4H5Br/c1-5-10(4)8-6-7-9(2)3;1-3-4(2)5/h5,8H,1-2,6-7H2,3-4H3;3H,1-2H2/b10-8+;. The summed E-state index contributed by atoms with van der Waals surface area (Å²) in [6.45, 7) is 18.5. The molecule has 0 aromatic carbocycles. The molecule has 0 N–H and O–H groups in total. The Labute approximate surface area is 103 Å². The van der Waals surface area contributed by atoms with Crippen molar-refractivity contribution in [3.05, 3.63) is 60.2 Å². The molecule has 0 fully saturated rings. The van der Waals surface area contributed by atoms with E-state index in [0.29, 0.717) is 0 Å². The summed E-state index contributed by atoms with van der Waals surface area (Å²) < 4.78 is 0.831. The van der Waals surface area contributed by atoms with Gasteiger partial charge >= 0.3 is 0 Å². The summed E-state index contributed by atoms with van der Waals surface area (Å²) in [7, 11) is 0. The Morgan fingerprint density at radius 2 is 1.60 bits per heavy atom. The van der Waals surface area contributed by atoms with Gasteiger partial charge in [-0.2, -0.15) is 0 Å². The van der Waals surface area contributed by atoms with Crippen molar-refractivity contribution < 1.29 is 0 Å². The van der Waals surface area contributed by atoms with Crippen molar-refractivity contribution in [3.8, 4) is 0 Å². The minimum absolute atomic E-state index is 0.831. The summed E-state index contributed by atoms with van der Waals surface area (Å²) >= 11 is 3.06. The zero-order valence-corrected chi connectivity index (χ0v) is 11.4. The van der Waals surface area contributed by atoms with Crippen LogP contribution in [0.1, 0.15) is 26.7 Å². The summed E-state index contributed by atoms with van der Waals surface area (Å²) in [6, 6.07) is 0. The molecule has 0 atom stereocenters. The van der Waals surface area contributed by atoms with Crippen molar-refractivity contribution in [2.75, 3.05) is 0 Å². The highest BCUT2D eigenvalue weighted by atomic mass is 79.9. The van der Waals surface area contributed by atoms with Crippen molar-refractivity contribution in [3.63, 3.8) is 0 Å². The first-order chi connectivity index (χ1) is 6.93. The topological polar surface area (TPSA) is 0 Å². The van der Waals surface area contributed by atoms with Gasteiger partial charge in [-0.25, -0.2) is 0 Å². The maximum absolute atomic E-state index is 3.82. The predicted octanol–water partition coefficient (Wildman–Crippen LogP) is 5.56. The van der Waals surface area contributed by atoms with Crippen LogP contribution >= 0.6 is 15.9 Å². The Balaban J connectivity index is 0. The lowest BCUT2D eigenvalue weighted by molar-refractivity contribution is 0.977. The SMILES string of the molecule is C=C/C(C)=C/CCC(=C)C.C=CC(=C)Br. The molecule has 1 heteroatoms. The van der Waals surface area contributed by atoms with Gasteiger partial charge < -0.3 is 0 Å². The van der Waals surface area contributed by atoms with Gasteiger partial charge in [-0.05, 0) is 26.7 Å². The molecule has 0 amide bonds. The van der Waals surface area contributed by atoms with E-state index >= 15 is 0 Å². The van der Waals surface area contributed by atoms with Gasteiger partial charge in [0.2, 0.25) is 0 Å². The van der Waals surface area contributed by atoms with E-state index in [9.17, 15) is 0 Å². The van der Waals surface area contributed by atoms with Crippen molar-refractivity contribution in [1.29, 1.82) is 0 Å². The van der Waals surface area contributed by atoms with Crippen LogP contribution < -0.4 is 0 Å². The zero-order chi connectivity index (χ0) is 12.3. The smallest absolute Gasteiger partial charge is 0.00970 e. The van der Waals surface area contributed by atoms with E-state index in [2.05, 4.69) is 62.2 Å². The van der Waals surface area contributed by atoms with E-state index in [1.54, 1.807) is 6.08 Å². The second-order valence-electron chi connectivity index (χ2n) is 3.30. The largest absolute Gasteiger partial charge is 0.100 e. The van der Waals surface area contributed by atoms with Crippen LogP contribution in [0.15, 0.2) is 60.2 Å². The van der Waals surface area contributed by atoms with Crippen LogP contribution in [-0.4, -0.2) is 0 Å². The van der Waals surface area contributed by atoms with Crippen LogP contribution in [0.5, 0.6) is 0 Å². The Kier molecular flexibility index (Phi) is 12.5. The zero-order valence-electron chi connectivity index (χ0n) is 9.85. The molecule has 0 aliphatic carbocycles. The molecule has 0 spiro atoms. The summed E-state index contributed by atoms with van der Waals surface area (Å²) in [5.74, 6) is 0. The Hall–Kier alpha value is -0.820. The molecule has 0 aromatic heterocycles. The van der Waals surface area contributed by atoms with Crippen molar-refractivity contribution in [1.82, 2.24) is 0 Å². The van der Waals surface area contributed by atoms with E-state index in [1.807, 2.05) is 6.08 Å². The second-order valence-corrected chi connectivity index (χ2v) is 4.32. The molecule has 0 unspecified atom stereocenters. The molecule has 0 heterocycles. The van der Waals surface area contributed by atoms with Gasteiger partial charge in [0.05, 0.1) is 0 Å². The van der Waals surface area contributed by atoms with Gasteiger partial charge in [-0.15, -0.1) is 6.58 Å². The lowest BCUT2D eigenvalue weighted by Crippen LogP contribution is -1.73. The van der Waals surface area contributed by atoms with E-state index in [0.717, 1.165) is 17.3 Å². The maximum atomic E-state index is 3.82. The van der Waals surface area contributed by atoms with Gasteiger partial charge in [0, 0.05) is 4.48 Å². The van der Waals surface area contributed by atoms with Crippen LogP contribution in [-0.2, 0) is 0 Å². The van der Waals surface area contributed by atoms with Crippen molar-refractivity contribution in [2.24, 2.45) is 0 Å². The van der Waals surface area contributed by atoms with Gasteiger partial charge in [0.15, 0.2) is 0 Å². The summed E-state index contributed by atoms with van der Waals surface area (Å²) in [5, 5.41) is 0. The minimum atomic E-state index is 0.831. The molecule has 0 saturated heterocycles. The third-order valence-corrected chi connectivity index (χ3v) is 1.90. The van der Waals surface area contributed by atoms with Gasteiger partial charge in [-0.1, -0.05) is 65.0 Å². The molecule has 0 aliphatic rings. The van der Waals surface area contributed by atoms with E-state index in [-0.39, 0.29) is 0 Å². The normalized spacial score (nSPS) is 9.67. The summed E-state index contributed by atoms with van der Waals surface area (Å²) in [6.07, 6.45) is 7.87. The predicted molar refractivity (Wildman–Crippen MR) is 76.3 cm³/mol. The highest BCUT2D eigenvalue weighted by molar-refractivity contribution is 9.11. The Bertz CT molecular complexity index is 257. The molecule has 0 rings (SSSR count). The molecule has 15 heavy (non-hydrogen) atoms. The molecule has 0 aliphatic heterocycles. The third kappa shape index (κ3) is 19.5. The lowest BCUT2D eigenvalue weighted by Gasteiger charge is -1.93. The lowest BCUT2D eigenvalue weighted by atomic mass is 10.1. The van der Waals surface area contributed by atoms with Crippen molar-refractivity contribution in [2.45, 2.75) is 26.7 Å². The second kappa shape index (κ2) is 11.3. The molecular formula is C14H21Br. The average Bonchev–Trinajstić information content (AvgIpc) is 2.17. The monoisotopic (exact) mass is 268 g/mol. The van der Waals surface area contributed by atoms with Gasteiger partial charge in [0.25, 0.3) is 0 Å². The first-order valence-electron chi connectivity index (χ1n) is 4.84. The first kappa shape index (κ1) is 16.6. The van der Waals surface area contributed by atoms with E-state index in [1.165, 1.54) is 11.1 Å². The third-order valence-electron chi connectivity index (χ3n) is 1.58. The number of rotatable bonds is 5. The molecule has 0 nitrogen and oxygen atoms in total. The van der Waals surface area contributed by atoms with E-state index < -0.39 is 0 Å². The molecule has 0 bridgehead atoms. The summed E-state index contributed by atoms with van der Waals surface area (Å²) in [5.41, 5.74) is 2.49. The summed E-state index contributed by atoms with van der Waals surface area (Å²) in [4.78, 5) is 0. The van der Waals surface area contributed by atoms with Crippen LogP contribution in [0.2, 0.25) is 0 Å². The fraction of sp³-hybridized carbons (Fsp3) is 0.286. The fourth-order valence-electron chi connectivity index (χ4n) is 0.630. The van der Waals surface area contributed by atoms with Crippen molar-refractivity contribution >= 4 is 15.9 Å². The van der Waals surface area contributed by atoms with Crippen LogP contribution in [0.25, 0.3) is 0 Å². The number of halogens is 1. The Morgan fingerprint density at radius 1 is 1.13 bits per heavy atom.